The molecule has 0 aliphatic heterocycles. The van der Waals surface area contributed by atoms with Crippen LogP contribution >= 0.6 is 11.8 Å². The van der Waals surface area contributed by atoms with E-state index in [0.717, 1.165) is 47.5 Å². The van der Waals surface area contributed by atoms with E-state index in [2.05, 4.69) is 110 Å². The van der Waals surface area contributed by atoms with Crippen molar-refractivity contribution in [3.05, 3.63) is 99.6 Å². The van der Waals surface area contributed by atoms with Gasteiger partial charge in [0.15, 0.2) is 0 Å². The largest absolute Gasteiger partial charge is 0.360 e. The molecule has 2 N–H and O–H groups in total. The van der Waals surface area contributed by atoms with Crippen LogP contribution in [0.5, 0.6) is 0 Å². The third kappa shape index (κ3) is 9.42. The molecular weight excluding hydrogens is 510 g/mol. The van der Waals surface area contributed by atoms with E-state index < -0.39 is 0 Å². The Morgan fingerprint density at radius 2 is 1.65 bits per heavy atom. The minimum absolute atomic E-state index is 0.0992. The SMILES string of the molecule is C=C(C(NC)C1Cc2ccccc2C1)N(Cc1ccc(N/C(=C\C)S/C(C)=C\C)cc1)[C@@H](C=O)CC(C)C.CC. The van der Waals surface area contributed by atoms with Crippen molar-refractivity contribution in [3.63, 3.8) is 0 Å². The number of carbonyl (C=O) groups is 1. The minimum atomic E-state index is -0.213. The first-order valence-electron chi connectivity index (χ1n) is 14.8. The summed E-state index contributed by atoms with van der Waals surface area (Å²) in [6.07, 6.45) is 8.18. The van der Waals surface area contributed by atoms with Crippen LogP contribution in [0.1, 0.15) is 71.6 Å². The predicted octanol–water partition coefficient (Wildman–Crippen LogP) is 8.58. The van der Waals surface area contributed by atoms with Gasteiger partial charge in [0.2, 0.25) is 0 Å². The van der Waals surface area contributed by atoms with Gasteiger partial charge in [-0.2, -0.15) is 0 Å². The smallest absolute Gasteiger partial charge is 0.142 e. The lowest BCUT2D eigenvalue weighted by Crippen LogP contribution is -2.46. The maximum absolute atomic E-state index is 12.4. The summed E-state index contributed by atoms with van der Waals surface area (Å²) < 4.78 is 0. The molecule has 2 atom stereocenters. The molecule has 2 aromatic carbocycles. The predicted molar refractivity (Wildman–Crippen MR) is 176 cm³/mol. The highest BCUT2D eigenvalue weighted by Gasteiger charge is 2.33. The van der Waals surface area contributed by atoms with Gasteiger partial charge in [0.05, 0.1) is 11.1 Å². The van der Waals surface area contributed by atoms with Crippen LogP contribution in [0.25, 0.3) is 0 Å². The molecule has 0 radical (unpaired) electrons. The summed E-state index contributed by atoms with van der Waals surface area (Å²) in [5.41, 5.74) is 6.07. The molecule has 0 saturated carbocycles. The molecule has 5 heteroatoms. The van der Waals surface area contributed by atoms with Crippen LogP contribution in [0.4, 0.5) is 5.69 Å². The molecule has 1 aliphatic carbocycles. The van der Waals surface area contributed by atoms with Gasteiger partial charge in [-0.3, -0.25) is 0 Å². The van der Waals surface area contributed by atoms with E-state index >= 15 is 0 Å². The Labute approximate surface area is 248 Å². The Bertz CT molecular complexity index is 1110. The van der Waals surface area contributed by atoms with Gasteiger partial charge in [-0.25, -0.2) is 0 Å². The summed E-state index contributed by atoms with van der Waals surface area (Å²) in [5.74, 6) is 0.830. The number of nitrogens with one attached hydrogen (secondary N) is 2. The summed E-state index contributed by atoms with van der Waals surface area (Å²) in [6, 6.07) is 17.2. The maximum Gasteiger partial charge on any atom is 0.142 e. The van der Waals surface area contributed by atoms with Gasteiger partial charge in [0, 0.05) is 24.0 Å². The lowest BCUT2D eigenvalue weighted by molar-refractivity contribution is -0.112. The number of carbonyl (C=O) groups excluding carboxylic acids is 1. The number of thioether (sulfide) groups is 1. The van der Waals surface area contributed by atoms with E-state index in [1.807, 2.05) is 27.8 Å². The van der Waals surface area contributed by atoms with E-state index in [0.29, 0.717) is 18.4 Å². The summed E-state index contributed by atoms with van der Waals surface area (Å²) in [5, 5.41) is 8.18. The van der Waals surface area contributed by atoms with Gasteiger partial charge in [-0.05, 0) is 92.6 Å². The molecule has 40 heavy (non-hydrogen) atoms. The molecule has 218 valence electrons. The second-order valence-corrected chi connectivity index (χ2v) is 11.9. The number of benzene rings is 2. The molecule has 0 bridgehead atoms. The first kappa shape index (κ1) is 33.4. The summed E-state index contributed by atoms with van der Waals surface area (Å²) in [6.45, 7) is 19.8. The fraction of sp³-hybridized carbons (Fsp3) is 0.457. The second kappa shape index (κ2) is 17.1. The number of allylic oxidation sites excluding steroid dienone is 3. The molecule has 1 aliphatic rings. The highest BCUT2D eigenvalue weighted by molar-refractivity contribution is 8.06. The Hall–Kier alpha value is -2.76. The van der Waals surface area contributed by atoms with Crippen molar-refractivity contribution in [2.75, 3.05) is 12.4 Å². The quantitative estimate of drug-likeness (QED) is 0.226. The zero-order valence-electron chi connectivity index (χ0n) is 26.0. The zero-order valence-corrected chi connectivity index (χ0v) is 26.8. The topological polar surface area (TPSA) is 44.4 Å². The monoisotopic (exact) mass is 561 g/mol. The van der Waals surface area contributed by atoms with E-state index in [1.165, 1.54) is 16.0 Å². The van der Waals surface area contributed by atoms with Crippen molar-refractivity contribution < 1.29 is 4.79 Å². The van der Waals surface area contributed by atoms with Crippen molar-refractivity contribution in [2.24, 2.45) is 11.8 Å². The van der Waals surface area contributed by atoms with Crippen LogP contribution < -0.4 is 10.6 Å². The van der Waals surface area contributed by atoms with Crippen molar-refractivity contribution in [2.45, 2.75) is 86.4 Å². The van der Waals surface area contributed by atoms with Crippen LogP contribution in [-0.2, 0) is 24.2 Å². The minimum Gasteiger partial charge on any atom is -0.360 e. The van der Waals surface area contributed by atoms with E-state index in [-0.39, 0.29) is 12.1 Å². The fourth-order valence-electron chi connectivity index (χ4n) is 5.27. The molecule has 4 nitrogen and oxygen atoms in total. The van der Waals surface area contributed by atoms with Crippen LogP contribution in [0.15, 0.2) is 82.9 Å². The van der Waals surface area contributed by atoms with Crippen LogP contribution in [0.3, 0.4) is 0 Å². The van der Waals surface area contributed by atoms with Crippen molar-refractivity contribution in [1.82, 2.24) is 10.2 Å². The molecular formula is C35H51N3OS. The normalized spacial score (nSPS) is 15.1. The first-order chi connectivity index (χ1) is 19.3. The molecule has 0 aromatic heterocycles. The molecule has 0 saturated heterocycles. The average molecular weight is 562 g/mol. The van der Waals surface area contributed by atoms with Crippen molar-refractivity contribution in [3.8, 4) is 0 Å². The third-order valence-corrected chi connectivity index (χ3v) is 8.49. The highest BCUT2D eigenvalue weighted by Crippen LogP contribution is 2.33. The number of hydrogen-bond donors (Lipinski definition) is 2. The molecule has 0 fully saturated rings. The number of rotatable bonds is 14. The molecule has 2 aromatic rings. The fourth-order valence-corrected chi connectivity index (χ4v) is 6.03. The molecule has 1 unspecified atom stereocenters. The molecule has 0 amide bonds. The number of nitrogens with zero attached hydrogens (tertiary/aromatic N) is 1. The van der Waals surface area contributed by atoms with Gasteiger partial charge in [0.1, 0.15) is 6.29 Å². The van der Waals surface area contributed by atoms with E-state index in [1.54, 1.807) is 11.8 Å². The number of anilines is 1. The Balaban J connectivity index is 0.00000274. The van der Waals surface area contributed by atoms with Gasteiger partial charge < -0.3 is 20.3 Å². The summed E-state index contributed by atoms with van der Waals surface area (Å²) in [7, 11) is 2.02. The van der Waals surface area contributed by atoms with Gasteiger partial charge in [-0.1, -0.05) is 94.6 Å². The Morgan fingerprint density at radius 3 is 2.12 bits per heavy atom. The van der Waals surface area contributed by atoms with Gasteiger partial charge in [-0.15, -0.1) is 0 Å². The van der Waals surface area contributed by atoms with E-state index in [9.17, 15) is 4.79 Å². The van der Waals surface area contributed by atoms with Crippen molar-refractivity contribution in [1.29, 1.82) is 0 Å². The average Bonchev–Trinajstić information content (AvgIpc) is 3.40. The Kier molecular flexibility index (Phi) is 14.3. The number of hydrogen-bond acceptors (Lipinski definition) is 5. The van der Waals surface area contributed by atoms with E-state index in [4.69, 9.17) is 0 Å². The van der Waals surface area contributed by atoms with Crippen LogP contribution in [0.2, 0.25) is 0 Å². The molecule has 0 spiro atoms. The lowest BCUT2D eigenvalue weighted by Gasteiger charge is -2.38. The number of likely N-dealkylation sites (N-methyl/N-ethyl adjacent to an activating group) is 1. The Morgan fingerprint density at radius 1 is 1.05 bits per heavy atom. The van der Waals surface area contributed by atoms with Crippen LogP contribution in [-0.4, -0.2) is 30.3 Å². The number of aldehydes is 1. The highest BCUT2D eigenvalue weighted by atomic mass is 32.2. The van der Waals surface area contributed by atoms with Gasteiger partial charge >= 0.3 is 0 Å². The van der Waals surface area contributed by atoms with Crippen molar-refractivity contribution >= 4 is 23.7 Å². The van der Waals surface area contributed by atoms with Crippen LogP contribution in [0, 0.1) is 11.8 Å². The zero-order chi connectivity index (χ0) is 29.7. The standard InChI is InChI=1S/C33H45N3OS.C2H6/c1-8-24(5)38-32(9-2)35-30-16-14-26(15-17-30)21-36(31(22-37)18-23(3)4)25(6)33(34-7)29-19-27-12-10-11-13-28(27)20-29;1-2/h8-17,22-23,29,31,33-35H,6,18-21H2,1-5,7H3;1-2H3/b24-8-,32-9+;/t31-,33?;/m1./s1. The lowest BCUT2D eigenvalue weighted by atomic mass is 9.92. The first-order valence-corrected chi connectivity index (χ1v) is 15.6. The number of fused-ring (bicyclic) bond motifs is 1. The summed E-state index contributed by atoms with van der Waals surface area (Å²) in [4.78, 5) is 15.9. The van der Waals surface area contributed by atoms with Gasteiger partial charge in [0.25, 0.3) is 0 Å². The maximum atomic E-state index is 12.4. The summed E-state index contributed by atoms with van der Waals surface area (Å²) >= 11 is 1.73. The second-order valence-electron chi connectivity index (χ2n) is 10.6. The molecule has 3 rings (SSSR count). The molecule has 0 heterocycles. The third-order valence-electron chi connectivity index (χ3n) is 7.38.